The van der Waals surface area contributed by atoms with Crippen LogP contribution in [0.3, 0.4) is 0 Å². The highest BCUT2D eigenvalue weighted by Gasteiger charge is 2.14. The van der Waals surface area contributed by atoms with Crippen molar-refractivity contribution in [1.82, 2.24) is 0 Å². The molecule has 0 aliphatic carbocycles. The van der Waals surface area contributed by atoms with E-state index in [9.17, 15) is 15.2 Å². The lowest BCUT2D eigenvalue weighted by atomic mass is 10.2. The molecule has 7 heteroatoms. The third kappa shape index (κ3) is 3.96. The highest BCUT2D eigenvalue weighted by molar-refractivity contribution is 9.10. The fraction of sp³-hybridized carbons (Fsp3) is 0. The Morgan fingerprint density at radius 2 is 1.76 bits per heavy atom. The number of aromatic hydroxyl groups is 1. The average Bonchev–Trinajstić information content (AvgIpc) is 2.46. The van der Waals surface area contributed by atoms with Crippen molar-refractivity contribution in [1.29, 1.82) is 0 Å². The van der Waals surface area contributed by atoms with Crippen molar-refractivity contribution in [2.24, 2.45) is 10.2 Å². The zero-order valence-electron chi connectivity index (χ0n) is 10.7. The van der Waals surface area contributed by atoms with Gasteiger partial charge in [0.05, 0.1) is 17.4 Å². The Hall–Kier alpha value is -2.54. The number of hydrogen-bond acceptors (Lipinski definition) is 5. The standard InChI is InChI=1S/C14H10BrN3O3/c15-12-6-4-10(5-7-12)8-16-17-9-11-2-1-3-13(14(11)19)18(20)21/h1-9,19H. The van der Waals surface area contributed by atoms with Crippen molar-refractivity contribution in [3.8, 4) is 5.75 Å². The van der Waals surface area contributed by atoms with E-state index in [1.807, 2.05) is 24.3 Å². The molecule has 0 bridgehead atoms. The van der Waals surface area contributed by atoms with Gasteiger partial charge in [-0.3, -0.25) is 10.1 Å². The van der Waals surface area contributed by atoms with E-state index in [0.29, 0.717) is 0 Å². The predicted molar refractivity (Wildman–Crippen MR) is 84.1 cm³/mol. The number of nitro groups is 1. The van der Waals surface area contributed by atoms with Gasteiger partial charge in [-0.15, -0.1) is 0 Å². The Bertz CT molecular complexity index is 712. The van der Waals surface area contributed by atoms with Crippen LogP contribution in [0.25, 0.3) is 0 Å². The van der Waals surface area contributed by atoms with Crippen LogP contribution in [-0.2, 0) is 0 Å². The minimum Gasteiger partial charge on any atom is -0.502 e. The van der Waals surface area contributed by atoms with Gasteiger partial charge in [0.15, 0.2) is 0 Å². The van der Waals surface area contributed by atoms with E-state index in [1.165, 1.54) is 30.6 Å². The molecule has 0 aliphatic heterocycles. The van der Waals surface area contributed by atoms with Gasteiger partial charge in [-0.05, 0) is 23.8 Å². The van der Waals surface area contributed by atoms with Crippen molar-refractivity contribution >= 4 is 34.0 Å². The van der Waals surface area contributed by atoms with Crippen LogP contribution < -0.4 is 0 Å². The molecule has 2 rings (SSSR count). The van der Waals surface area contributed by atoms with Gasteiger partial charge in [0.1, 0.15) is 0 Å². The third-order valence-corrected chi connectivity index (χ3v) is 3.11. The first-order valence-corrected chi connectivity index (χ1v) is 6.65. The third-order valence-electron chi connectivity index (χ3n) is 2.58. The van der Waals surface area contributed by atoms with Gasteiger partial charge in [-0.1, -0.05) is 34.1 Å². The molecule has 0 amide bonds. The summed E-state index contributed by atoms with van der Waals surface area (Å²) in [6.07, 6.45) is 2.80. The number of nitro benzene ring substituents is 1. The van der Waals surface area contributed by atoms with Crippen molar-refractivity contribution in [2.75, 3.05) is 0 Å². The molecule has 6 nitrogen and oxygen atoms in total. The molecule has 1 N–H and O–H groups in total. The summed E-state index contributed by atoms with van der Waals surface area (Å²) in [5.41, 5.74) is 0.728. The zero-order valence-corrected chi connectivity index (χ0v) is 12.3. The molecule has 0 aliphatic rings. The van der Waals surface area contributed by atoms with E-state index in [-0.39, 0.29) is 11.3 Å². The van der Waals surface area contributed by atoms with E-state index in [2.05, 4.69) is 26.1 Å². The first-order valence-electron chi connectivity index (χ1n) is 5.86. The monoisotopic (exact) mass is 347 g/mol. The van der Waals surface area contributed by atoms with E-state index in [0.717, 1.165) is 10.0 Å². The number of phenolic OH excluding ortho intramolecular Hbond substituents is 1. The van der Waals surface area contributed by atoms with Crippen molar-refractivity contribution in [3.63, 3.8) is 0 Å². The number of rotatable bonds is 4. The van der Waals surface area contributed by atoms with Crippen molar-refractivity contribution in [3.05, 3.63) is 68.2 Å². The van der Waals surface area contributed by atoms with Gasteiger partial charge in [0.25, 0.3) is 0 Å². The Balaban J connectivity index is 2.13. The number of phenols is 1. The highest BCUT2D eigenvalue weighted by atomic mass is 79.9. The quantitative estimate of drug-likeness (QED) is 0.521. The second-order valence-electron chi connectivity index (χ2n) is 4.01. The molecule has 0 radical (unpaired) electrons. The first kappa shape index (κ1) is 14.9. The summed E-state index contributed by atoms with van der Waals surface area (Å²) < 4.78 is 0.963. The molecular weight excluding hydrogens is 338 g/mol. The van der Waals surface area contributed by atoms with Crippen LogP contribution >= 0.6 is 15.9 Å². The second kappa shape index (κ2) is 6.76. The molecule has 0 saturated carbocycles. The molecule has 0 atom stereocenters. The average molecular weight is 348 g/mol. The van der Waals surface area contributed by atoms with E-state index >= 15 is 0 Å². The molecule has 2 aromatic rings. The van der Waals surface area contributed by atoms with Crippen LogP contribution in [-0.4, -0.2) is 22.5 Å². The Labute approximate surface area is 128 Å². The molecule has 2 aromatic carbocycles. The number of nitrogens with zero attached hydrogens (tertiary/aromatic N) is 3. The lowest BCUT2D eigenvalue weighted by molar-refractivity contribution is -0.385. The smallest absolute Gasteiger partial charge is 0.311 e. The highest BCUT2D eigenvalue weighted by Crippen LogP contribution is 2.27. The van der Waals surface area contributed by atoms with E-state index < -0.39 is 10.7 Å². The summed E-state index contributed by atoms with van der Waals surface area (Å²) >= 11 is 3.33. The molecule has 0 heterocycles. The number of para-hydroxylation sites is 1. The van der Waals surface area contributed by atoms with Gasteiger partial charge >= 0.3 is 5.69 Å². The summed E-state index contributed by atoms with van der Waals surface area (Å²) in [5.74, 6) is -0.426. The van der Waals surface area contributed by atoms with Crippen molar-refractivity contribution < 1.29 is 10.0 Å². The maximum absolute atomic E-state index is 10.7. The fourth-order valence-electron chi connectivity index (χ4n) is 1.54. The summed E-state index contributed by atoms with van der Waals surface area (Å²) in [7, 11) is 0. The largest absolute Gasteiger partial charge is 0.502 e. The molecule has 0 fully saturated rings. The molecule has 21 heavy (non-hydrogen) atoms. The van der Waals surface area contributed by atoms with Crippen LogP contribution in [0.15, 0.2) is 57.1 Å². The fourth-order valence-corrected chi connectivity index (χ4v) is 1.81. The van der Waals surface area contributed by atoms with Crippen LogP contribution in [0.5, 0.6) is 5.75 Å². The molecule has 0 saturated heterocycles. The van der Waals surface area contributed by atoms with E-state index in [1.54, 1.807) is 0 Å². The van der Waals surface area contributed by atoms with Gasteiger partial charge in [0.2, 0.25) is 5.75 Å². The summed E-state index contributed by atoms with van der Waals surface area (Å²) in [6.45, 7) is 0. The van der Waals surface area contributed by atoms with Gasteiger partial charge in [-0.2, -0.15) is 10.2 Å². The lowest BCUT2D eigenvalue weighted by Crippen LogP contribution is -1.91. The van der Waals surface area contributed by atoms with E-state index in [4.69, 9.17) is 0 Å². The van der Waals surface area contributed by atoms with Gasteiger partial charge in [-0.25, -0.2) is 0 Å². The summed E-state index contributed by atoms with van der Waals surface area (Å²) in [5, 5.41) is 28.0. The molecule has 0 aromatic heterocycles. The Morgan fingerprint density at radius 3 is 2.43 bits per heavy atom. The number of benzene rings is 2. The summed E-state index contributed by atoms with van der Waals surface area (Å²) in [4.78, 5) is 10.0. The van der Waals surface area contributed by atoms with Crippen molar-refractivity contribution in [2.45, 2.75) is 0 Å². The Morgan fingerprint density at radius 1 is 1.10 bits per heavy atom. The second-order valence-corrected chi connectivity index (χ2v) is 4.93. The molecular formula is C14H10BrN3O3. The molecule has 0 spiro atoms. The number of hydrogen-bond donors (Lipinski definition) is 1. The normalized spacial score (nSPS) is 11.3. The lowest BCUT2D eigenvalue weighted by Gasteiger charge is -1.98. The topological polar surface area (TPSA) is 88.1 Å². The maximum atomic E-state index is 10.7. The van der Waals surface area contributed by atoms with Gasteiger partial charge in [0, 0.05) is 16.1 Å². The van der Waals surface area contributed by atoms with Crippen LogP contribution in [0.4, 0.5) is 5.69 Å². The number of halogens is 1. The molecule has 0 unspecified atom stereocenters. The zero-order chi connectivity index (χ0) is 15.2. The maximum Gasteiger partial charge on any atom is 0.311 e. The SMILES string of the molecule is O=[N+]([O-])c1cccc(C=NN=Cc2ccc(Br)cc2)c1O. The van der Waals surface area contributed by atoms with Crippen LogP contribution in [0.1, 0.15) is 11.1 Å². The minimum atomic E-state index is -0.655. The Kier molecular flexibility index (Phi) is 4.78. The van der Waals surface area contributed by atoms with Crippen LogP contribution in [0.2, 0.25) is 0 Å². The van der Waals surface area contributed by atoms with Crippen LogP contribution in [0, 0.1) is 10.1 Å². The van der Waals surface area contributed by atoms with Gasteiger partial charge < -0.3 is 5.11 Å². The first-order chi connectivity index (χ1) is 10.1. The molecule has 106 valence electrons. The predicted octanol–water partition coefficient (Wildman–Crippen LogP) is 3.52. The minimum absolute atomic E-state index is 0.233. The summed E-state index contributed by atoms with van der Waals surface area (Å²) in [6, 6.07) is 11.7.